The molecule has 0 saturated carbocycles. The molecule has 2 heterocycles. The Hall–Kier alpha value is -1.21. The van der Waals surface area contributed by atoms with E-state index in [1.807, 2.05) is 12.2 Å². The number of rotatable bonds is 2. The van der Waals surface area contributed by atoms with Crippen molar-refractivity contribution in [3.05, 3.63) is 23.3 Å². The first-order chi connectivity index (χ1) is 6.77. The molecule has 0 aromatic rings. The molecule has 2 bridgehead atoms. The number of hydrogen-bond acceptors (Lipinski definition) is 4. The third-order valence-electron chi connectivity index (χ3n) is 2.23. The highest BCUT2D eigenvalue weighted by Gasteiger charge is 2.40. The fraction of sp³-hybridized carbons (Fsp3) is 0.400. The molecule has 72 valence electrons. The van der Waals surface area contributed by atoms with Gasteiger partial charge < -0.3 is 4.74 Å². The molecule has 0 N–H and O–H groups in total. The first kappa shape index (κ1) is 9.35. The van der Waals surface area contributed by atoms with Crippen molar-refractivity contribution in [1.82, 2.24) is 0 Å². The van der Waals surface area contributed by atoms with Gasteiger partial charge in [-0.25, -0.2) is 4.79 Å². The lowest BCUT2D eigenvalue weighted by molar-refractivity contribution is -0.138. The van der Waals surface area contributed by atoms with Crippen molar-refractivity contribution >= 4 is 17.7 Å². The lowest BCUT2D eigenvalue weighted by atomic mass is 9.98. The van der Waals surface area contributed by atoms with Crippen LogP contribution in [-0.2, 0) is 9.53 Å². The normalized spacial score (nSPS) is 28.0. The molecule has 0 radical (unpaired) electrons. The molecular weight excluding hydrogens is 198 g/mol. The zero-order valence-corrected chi connectivity index (χ0v) is 8.50. The molecule has 4 heteroatoms. The topological polar surface area (TPSA) is 50.1 Å². The Morgan fingerprint density at radius 1 is 1.64 bits per heavy atom. The van der Waals surface area contributed by atoms with E-state index in [4.69, 9.17) is 10.00 Å². The van der Waals surface area contributed by atoms with Crippen LogP contribution in [-0.4, -0.2) is 23.1 Å². The van der Waals surface area contributed by atoms with Crippen LogP contribution in [0.25, 0.3) is 0 Å². The SMILES string of the molecule is CCOC(=O)C1=C(C#N)C2C=CC1S2. The average molecular weight is 207 g/mol. The largest absolute Gasteiger partial charge is 0.463 e. The van der Waals surface area contributed by atoms with Gasteiger partial charge in [-0.3, -0.25) is 0 Å². The Bertz CT molecular complexity index is 378. The number of ether oxygens (including phenoxy) is 1. The number of carbonyl (C=O) groups is 1. The quantitative estimate of drug-likeness (QED) is 0.507. The minimum absolute atomic E-state index is 0.0358. The van der Waals surface area contributed by atoms with Gasteiger partial charge in [0.05, 0.1) is 34.3 Å². The number of carbonyl (C=O) groups excluding carboxylic acids is 1. The van der Waals surface area contributed by atoms with Gasteiger partial charge in [-0.05, 0) is 6.92 Å². The summed E-state index contributed by atoms with van der Waals surface area (Å²) in [4.78, 5) is 11.5. The van der Waals surface area contributed by atoms with Crippen LogP contribution in [0.1, 0.15) is 6.92 Å². The van der Waals surface area contributed by atoms with Gasteiger partial charge in [-0.1, -0.05) is 12.2 Å². The van der Waals surface area contributed by atoms with Crippen LogP contribution >= 0.6 is 11.8 Å². The van der Waals surface area contributed by atoms with Crippen molar-refractivity contribution in [2.75, 3.05) is 6.61 Å². The molecule has 0 saturated heterocycles. The van der Waals surface area contributed by atoms with Gasteiger partial charge in [0.15, 0.2) is 0 Å². The highest BCUT2D eigenvalue weighted by Crippen LogP contribution is 2.45. The molecule has 0 aliphatic carbocycles. The molecule has 2 atom stereocenters. The number of thioether (sulfide) groups is 1. The number of hydrogen-bond donors (Lipinski definition) is 0. The van der Waals surface area contributed by atoms with Crippen LogP contribution < -0.4 is 0 Å². The summed E-state index contributed by atoms with van der Waals surface area (Å²) in [6, 6.07) is 2.09. The Morgan fingerprint density at radius 3 is 3.00 bits per heavy atom. The summed E-state index contributed by atoms with van der Waals surface area (Å²) < 4.78 is 4.92. The summed E-state index contributed by atoms with van der Waals surface area (Å²) in [7, 11) is 0. The van der Waals surface area contributed by atoms with Crippen LogP contribution in [0, 0.1) is 11.3 Å². The van der Waals surface area contributed by atoms with Gasteiger partial charge in [-0.15, -0.1) is 11.8 Å². The molecule has 0 amide bonds. The maximum absolute atomic E-state index is 11.5. The van der Waals surface area contributed by atoms with Gasteiger partial charge >= 0.3 is 5.97 Å². The maximum Gasteiger partial charge on any atom is 0.336 e. The number of fused-ring (bicyclic) bond motifs is 2. The van der Waals surface area contributed by atoms with Crippen LogP contribution in [0.3, 0.4) is 0 Å². The molecule has 0 aromatic carbocycles. The number of esters is 1. The fourth-order valence-electron chi connectivity index (χ4n) is 1.64. The van der Waals surface area contributed by atoms with Crippen LogP contribution in [0.15, 0.2) is 23.3 Å². The van der Waals surface area contributed by atoms with E-state index in [0.29, 0.717) is 17.8 Å². The van der Waals surface area contributed by atoms with Crippen molar-refractivity contribution in [2.45, 2.75) is 17.4 Å². The maximum atomic E-state index is 11.5. The van der Waals surface area contributed by atoms with Crippen LogP contribution in [0.4, 0.5) is 0 Å². The molecule has 3 nitrogen and oxygen atoms in total. The molecule has 2 unspecified atom stereocenters. The zero-order valence-electron chi connectivity index (χ0n) is 7.69. The second-order valence-corrected chi connectivity index (χ2v) is 4.31. The Morgan fingerprint density at radius 2 is 2.36 bits per heavy atom. The van der Waals surface area contributed by atoms with Crippen LogP contribution in [0.2, 0.25) is 0 Å². The van der Waals surface area contributed by atoms with Crippen molar-refractivity contribution in [3.63, 3.8) is 0 Å². The molecular formula is C10H9NO2S. The van der Waals surface area contributed by atoms with E-state index in [1.165, 1.54) is 0 Å². The van der Waals surface area contributed by atoms with Crippen molar-refractivity contribution < 1.29 is 9.53 Å². The Kier molecular flexibility index (Phi) is 2.34. The second kappa shape index (κ2) is 3.50. The van der Waals surface area contributed by atoms with E-state index >= 15 is 0 Å². The van der Waals surface area contributed by atoms with Gasteiger partial charge in [0.2, 0.25) is 0 Å². The fourth-order valence-corrected chi connectivity index (χ4v) is 3.00. The van der Waals surface area contributed by atoms with Crippen molar-refractivity contribution in [1.29, 1.82) is 5.26 Å². The molecule has 2 aliphatic rings. The lowest BCUT2D eigenvalue weighted by Gasteiger charge is -2.08. The smallest absolute Gasteiger partial charge is 0.336 e. The molecule has 0 aromatic heterocycles. The Balaban J connectivity index is 2.29. The third-order valence-corrected chi connectivity index (χ3v) is 3.60. The van der Waals surface area contributed by atoms with Gasteiger partial charge in [-0.2, -0.15) is 5.26 Å². The first-order valence-corrected chi connectivity index (χ1v) is 5.37. The molecule has 0 fully saturated rings. The summed E-state index contributed by atoms with van der Waals surface area (Å²) in [6.07, 6.45) is 3.93. The highest BCUT2D eigenvalue weighted by atomic mass is 32.2. The monoisotopic (exact) mass is 207 g/mol. The third kappa shape index (κ3) is 1.25. The minimum atomic E-state index is -0.339. The minimum Gasteiger partial charge on any atom is -0.463 e. The second-order valence-electron chi connectivity index (χ2n) is 3.02. The summed E-state index contributed by atoms with van der Waals surface area (Å²) in [5, 5.41) is 9.02. The first-order valence-electron chi connectivity index (χ1n) is 4.43. The zero-order chi connectivity index (χ0) is 10.1. The van der Waals surface area contributed by atoms with E-state index in [-0.39, 0.29) is 16.5 Å². The van der Waals surface area contributed by atoms with E-state index in [2.05, 4.69) is 6.07 Å². The molecule has 2 rings (SSSR count). The van der Waals surface area contributed by atoms with Gasteiger partial charge in [0.1, 0.15) is 0 Å². The van der Waals surface area contributed by atoms with E-state index in [1.54, 1.807) is 18.7 Å². The van der Waals surface area contributed by atoms with Gasteiger partial charge in [0, 0.05) is 0 Å². The Labute approximate surface area is 86.4 Å². The number of nitrogens with zero attached hydrogens (tertiary/aromatic N) is 1. The molecule has 2 aliphatic heterocycles. The summed E-state index contributed by atoms with van der Waals surface area (Å²) in [5.41, 5.74) is 1.12. The average Bonchev–Trinajstić information content (AvgIpc) is 2.76. The predicted molar refractivity (Wildman–Crippen MR) is 53.6 cm³/mol. The van der Waals surface area contributed by atoms with Crippen molar-refractivity contribution in [2.24, 2.45) is 0 Å². The van der Waals surface area contributed by atoms with Gasteiger partial charge in [0.25, 0.3) is 0 Å². The van der Waals surface area contributed by atoms with E-state index < -0.39 is 0 Å². The van der Waals surface area contributed by atoms with Crippen LogP contribution in [0.5, 0.6) is 0 Å². The van der Waals surface area contributed by atoms with E-state index in [0.717, 1.165) is 0 Å². The highest BCUT2D eigenvalue weighted by molar-refractivity contribution is 8.01. The van der Waals surface area contributed by atoms with E-state index in [9.17, 15) is 4.79 Å². The summed E-state index contributed by atoms with van der Waals surface area (Å²) >= 11 is 1.62. The standard InChI is InChI=1S/C10H9NO2S/c1-2-13-10(12)9-6(5-11)7-3-4-8(9)14-7/h3-4,7-8H,2H2,1H3. The van der Waals surface area contributed by atoms with Crippen molar-refractivity contribution in [3.8, 4) is 6.07 Å². The summed E-state index contributed by atoms with van der Waals surface area (Å²) in [5.74, 6) is -0.339. The molecule has 14 heavy (non-hydrogen) atoms. The molecule has 0 spiro atoms. The lowest BCUT2D eigenvalue weighted by Crippen LogP contribution is -2.16. The predicted octanol–water partition coefficient (Wildman–Crippen LogP) is 1.42. The summed E-state index contributed by atoms with van der Waals surface area (Å²) in [6.45, 7) is 2.12. The number of nitriles is 1.